The monoisotopic (exact) mass is 291 g/mol. The van der Waals surface area contributed by atoms with Crippen molar-refractivity contribution in [3.05, 3.63) is 35.4 Å². The van der Waals surface area contributed by atoms with E-state index in [0.29, 0.717) is 12.6 Å². The summed E-state index contributed by atoms with van der Waals surface area (Å²) in [4.78, 5) is 12.9. The van der Waals surface area contributed by atoms with E-state index in [1.54, 1.807) is 13.2 Å². The number of carbonyl (C=O) groups is 1. The summed E-state index contributed by atoms with van der Waals surface area (Å²) in [5.74, 6) is -0.932. The van der Waals surface area contributed by atoms with E-state index in [1.165, 1.54) is 5.69 Å². The van der Waals surface area contributed by atoms with Gasteiger partial charge < -0.3 is 14.7 Å². The van der Waals surface area contributed by atoms with E-state index >= 15 is 0 Å². The minimum atomic E-state index is -0.932. The van der Waals surface area contributed by atoms with Crippen molar-refractivity contribution in [1.82, 2.24) is 0 Å². The fourth-order valence-electron chi connectivity index (χ4n) is 2.26. The summed E-state index contributed by atoms with van der Waals surface area (Å²) in [6.07, 6.45) is 3.83. The first-order valence-electron chi connectivity index (χ1n) is 7.26. The quantitative estimate of drug-likeness (QED) is 0.746. The minimum Gasteiger partial charge on any atom is -0.478 e. The highest BCUT2D eigenvalue weighted by Crippen LogP contribution is 2.24. The zero-order valence-electron chi connectivity index (χ0n) is 13.3. The average Bonchev–Trinajstić information content (AvgIpc) is 2.46. The molecule has 1 N–H and O–H groups in total. The van der Waals surface area contributed by atoms with Gasteiger partial charge in [0.1, 0.15) is 0 Å². The lowest BCUT2D eigenvalue weighted by atomic mass is 10.1. The lowest BCUT2D eigenvalue weighted by Gasteiger charge is -2.32. The summed E-state index contributed by atoms with van der Waals surface area (Å²) in [5.41, 5.74) is 3.21. The Morgan fingerprint density at radius 2 is 2.19 bits per heavy atom. The standard InChI is InChI=1S/C17H25NO3/c1-5-14(3)18(10-11-21-4)16-8-6-15(12-13(16)2)7-9-17(19)20/h6-9,12,14H,5,10-11H2,1-4H3,(H,19,20). The van der Waals surface area contributed by atoms with Gasteiger partial charge in [0.25, 0.3) is 0 Å². The number of aryl methyl sites for hydroxylation is 1. The van der Waals surface area contributed by atoms with Gasteiger partial charge in [0, 0.05) is 31.5 Å². The molecule has 1 unspecified atom stereocenters. The lowest BCUT2D eigenvalue weighted by Crippen LogP contribution is -2.35. The van der Waals surface area contributed by atoms with Crippen molar-refractivity contribution in [3.8, 4) is 0 Å². The Labute approximate surface area is 127 Å². The van der Waals surface area contributed by atoms with Gasteiger partial charge in [-0.2, -0.15) is 0 Å². The third-order valence-electron chi connectivity index (χ3n) is 3.61. The third-order valence-corrected chi connectivity index (χ3v) is 3.61. The fraction of sp³-hybridized carbons (Fsp3) is 0.471. The highest BCUT2D eigenvalue weighted by Gasteiger charge is 2.14. The predicted octanol–water partition coefficient (Wildman–Crippen LogP) is 3.34. The minimum absolute atomic E-state index is 0.430. The Kier molecular flexibility index (Phi) is 6.96. The number of ether oxygens (including phenoxy) is 1. The van der Waals surface area contributed by atoms with Crippen LogP contribution >= 0.6 is 0 Å². The molecule has 0 bridgehead atoms. The van der Waals surface area contributed by atoms with Crippen LogP contribution in [0.25, 0.3) is 6.08 Å². The molecule has 1 aromatic carbocycles. The number of hydrogen-bond donors (Lipinski definition) is 1. The summed E-state index contributed by atoms with van der Waals surface area (Å²) >= 11 is 0. The molecule has 0 aromatic heterocycles. The van der Waals surface area contributed by atoms with Crippen molar-refractivity contribution >= 4 is 17.7 Å². The maximum Gasteiger partial charge on any atom is 0.328 e. The van der Waals surface area contributed by atoms with Crippen molar-refractivity contribution in [3.63, 3.8) is 0 Å². The summed E-state index contributed by atoms with van der Waals surface area (Å²) in [6, 6.07) is 6.44. The van der Waals surface area contributed by atoms with Gasteiger partial charge in [-0.15, -0.1) is 0 Å². The third kappa shape index (κ3) is 5.23. The van der Waals surface area contributed by atoms with Crippen LogP contribution in [-0.4, -0.2) is 37.4 Å². The molecule has 0 heterocycles. The zero-order chi connectivity index (χ0) is 15.8. The van der Waals surface area contributed by atoms with E-state index < -0.39 is 5.97 Å². The Morgan fingerprint density at radius 3 is 2.71 bits per heavy atom. The van der Waals surface area contributed by atoms with Crippen LogP contribution < -0.4 is 4.90 Å². The molecule has 0 saturated carbocycles. The number of nitrogens with zero attached hydrogens (tertiary/aromatic N) is 1. The topological polar surface area (TPSA) is 49.8 Å². The van der Waals surface area contributed by atoms with Gasteiger partial charge in [0.2, 0.25) is 0 Å². The molecule has 0 aliphatic carbocycles. The maximum absolute atomic E-state index is 10.6. The zero-order valence-corrected chi connectivity index (χ0v) is 13.3. The summed E-state index contributed by atoms with van der Waals surface area (Å²) in [7, 11) is 1.71. The molecule has 0 amide bonds. The SMILES string of the molecule is CCC(C)N(CCOC)c1ccc(C=CC(=O)O)cc1C. The molecule has 4 nitrogen and oxygen atoms in total. The number of anilines is 1. The number of rotatable bonds is 8. The highest BCUT2D eigenvalue weighted by molar-refractivity contribution is 5.85. The molecule has 0 fully saturated rings. The molecule has 0 radical (unpaired) electrons. The second-order valence-corrected chi connectivity index (χ2v) is 5.16. The van der Waals surface area contributed by atoms with E-state index in [4.69, 9.17) is 9.84 Å². The summed E-state index contributed by atoms with van der Waals surface area (Å²) in [5, 5.41) is 8.68. The molecule has 21 heavy (non-hydrogen) atoms. The highest BCUT2D eigenvalue weighted by atomic mass is 16.5. The first kappa shape index (κ1) is 17.2. The number of carboxylic acids is 1. The first-order valence-corrected chi connectivity index (χ1v) is 7.26. The number of benzene rings is 1. The van der Waals surface area contributed by atoms with Crippen molar-refractivity contribution < 1.29 is 14.6 Å². The molecule has 1 aromatic rings. The maximum atomic E-state index is 10.6. The van der Waals surface area contributed by atoms with Crippen LogP contribution in [0.5, 0.6) is 0 Å². The first-order chi connectivity index (χ1) is 9.99. The normalized spacial score (nSPS) is 12.6. The number of carboxylic acid groups (broad SMARTS) is 1. The van der Waals surface area contributed by atoms with Crippen LogP contribution in [0.1, 0.15) is 31.4 Å². The summed E-state index contributed by atoms with van der Waals surface area (Å²) < 4.78 is 5.20. The van der Waals surface area contributed by atoms with Gasteiger partial charge in [-0.3, -0.25) is 0 Å². The molecule has 0 aliphatic heterocycles. The Hall–Kier alpha value is -1.81. The number of aliphatic carboxylic acids is 1. The number of hydrogen-bond acceptors (Lipinski definition) is 3. The molecule has 1 rings (SSSR count). The van der Waals surface area contributed by atoms with Crippen molar-refractivity contribution in [2.75, 3.05) is 25.2 Å². The van der Waals surface area contributed by atoms with Gasteiger partial charge in [0.15, 0.2) is 0 Å². The second-order valence-electron chi connectivity index (χ2n) is 5.16. The average molecular weight is 291 g/mol. The van der Waals surface area contributed by atoms with Crippen LogP contribution in [0.3, 0.4) is 0 Å². The van der Waals surface area contributed by atoms with Gasteiger partial charge in [-0.05, 0) is 49.6 Å². The smallest absolute Gasteiger partial charge is 0.328 e. The molecule has 0 spiro atoms. The van der Waals surface area contributed by atoms with E-state index in [2.05, 4.69) is 31.7 Å². The predicted molar refractivity (Wildman–Crippen MR) is 86.8 cm³/mol. The van der Waals surface area contributed by atoms with E-state index in [-0.39, 0.29) is 0 Å². The Bertz CT molecular complexity index is 497. The molecule has 0 aliphatic rings. The Morgan fingerprint density at radius 1 is 1.48 bits per heavy atom. The van der Waals surface area contributed by atoms with E-state index in [1.807, 2.05) is 12.1 Å². The van der Waals surface area contributed by atoms with Crippen LogP contribution in [0.4, 0.5) is 5.69 Å². The van der Waals surface area contributed by atoms with Crippen LogP contribution in [-0.2, 0) is 9.53 Å². The van der Waals surface area contributed by atoms with Gasteiger partial charge in [-0.25, -0.2) is 4.79 Å². The molecule has 4 heteroatoms. The van der Waals surface area contributed by atoms with E-state index in [9.17, 15) is 4.79 Å². The molecular weight excluding hydrogens is 266 g/mol. The van der Waals surface area contributed by atoms with Gasteiger partial charge in [-0.1, -0.05) is 13.0 Å². The number of methoxy groups -OCH3 is 1. The van der Waals surface area contributed by atoms with Crippen molar-refractivity contribution in [2.24, 2.45) is 0 Å². The van der Waals surface area contributed by atoms with Crippen molar-refractivity contribution in [2.45, 2.75) is 33.2 Å². The van der Waals surface area contributed by atoms with E-state index in [0.717, 1.165) is 30.2 Å². The largest absolute Gasteiger partial charge is 0.478 e. The fourth-order valence-corrected chi connectivity index (χ4v) is 2.26. The van der Waals surface area contributed by atoms with Crippen LogP contribution in [0.2, 0.25) is 0 Å². The second kappa shape index (κ2) is 8.47. The van der Waals surface area contributed by atoms with Crippen LogP contribution in [0.15, 0.2) is 24.3 Å². The Balaban J connectivity index is 3.01. The van der Waals surface area contributed by atoms with Gasteiger partial charge in [0.05, 0.1) is 6.61 Å². The summed E-state index contributed by atoms with van der Waals surface area (Å²) in [6.45, 7) is 7.95. The van der Waals surface area contributed by atoms with Crippen LogP contribution in [0, 0.1) is 6.92 Å². The molecule has 1 atom stereocenters. The van der Waals surface area contributed by atoms with Crippen molar-refractivity contribution in [1.29, 1.82) is 0 Å². The lowest BCUT2D eigenvalue weighted by molar-refractivity contribution is -0.131. The molecule has 116 valence electrons. The van der Waals surface area contributed by atoms with Gasteiger partial charge >= 0.3 is 5.97 Å². The molecule has 0 saturated heterocycles. The molecular formula is C17H25NO3.